The summed E-state index contributed by atoms with van der Waals surface area (Å²) in [6.07, 6.45) is 6.13. The number of thioether (sulfide) groups is 1. The van der Waals surface area contributed by atoms with Crippen molar-refractivity contribution in [3.63, 3.8) is 0 Å². The number of halogens is 1. The third-order valence-electron chi connectivity index (χ3n) is 4.18. The van der Waals surface area contributed by atoms with E-state index < -0.39 is 5.82 Å². The van der Waals surface area contributed by atoms with Crippen LogP contribution in [0, 0.1) is 5.82 Å². The molecule has 0 unspecified atom stereocenters. The molecule has 128 valence electrons. The first kappa shape index (κ1) is 17.0. The molecular weight excluding hydrogens is 329 g/mol. The third-order valence-corrected chi connectivity index (χ3v) is 5.06. The summed E-state index contributed by atoms with van der Waals surface area (Å²) >= 11 is 1.32. The van der Waals surface area contributed by atoms with Crippen LogP contribution in [-0.4, -0.2) is 27.7 Å². The molecular formula is C17H20FN3O2S. The van der Waals surface area contributed by atoms with Crippen LogP contribution >= 0.6 is 11.8 Å². The second-order valence-electron chi connectivity index (χ2n) is 6.03. The number of nitrogens with one attached hydrogen (secondary N) is 2. The minimum atomic E-state index is -0.463. The van der Waals surface area contributed by atoms with Crippen molar-refractivity contribution in [3.8, 4) is 0 Å². The van der Waals surface area contributed by atoms with Crippen LogP contribution in [0.25, 0.3) is 10.9 Å². The molecule has 2 aromatic rings. The van der Waals surface area contributed by atoms with Gasteiger partial charge in [-0.2, -0.15) is 0 Å². The highest BCUT2D eigenvalue weighted by Crippen LogP contribution is 2.19. The van der Waals surface area contributed by atoms with Gasteiger partial charge in [-0.25, -0.2) is 9.37 Å². The lowest BCUT2D eigenvalue weighted by Gasteiger charge is -2.22. The van der Waals surface area contributed by atoms with Gasteiger partial charge in [0.2, 0.25) is 5.91 Å². The molecule has 1 aliphatic rings. The van der Waals surface area contributed by atoms with Gasteiger partial charge in [0.15, 0.2) is 5.16 Å². The average molecular weight is 349 g/mol. The number of hydrogen-bond donors (Lipinski definition) is 2. The number of nitrogens with zero attached hydrogens (tertiary/aromatic N) is 1. The number of H-pyrrole nitrogens is 1. The molecule has 1 aromatic carbocycles. The first-order chi connectivity index (χ1) is 11.6. The molecule has 1 saturated carbocycles. The van der Waals surface area contributed by atoms with E-state index in [2.05, 4.69) is 15.3 Å². The highest BCUT2D eigenvalue weighted by molar-refractivity contribution is 7.99. The fraction of sp³-hybridized carbons (Fsp3) is 0.471. The Bertz CT molecular complexity index is 787. The molecule has 0 aliphatic heterocycles. The molecule has 1 fully saturated rings. The smallest absolute Gasteiger partial charge is 0.259 e. The molecule has 0 saturated heterocycles. The van der Waals surface area contributed by atoms with Crippen LogP contribution in [0.3, 0.4) is 0 Å². The van der Waals surface area contributed by atoms with Crippen LogP contribution in [-0.2, 0) is 4.79 Å². The predicted molar refractivity (Wildman–Crippen MR) is 92.7 cm³/mol. The van der Waals surface area contributed by atoms with E-state index in [-0.39, 0.29) is 16.9 Å². The number of carbonyl (C=O) groups is 1. The normalized spacial score (nSPS) is 15.5. The second-order valence-corrected chi connectivity index (χ2v) is 7.12. The number of amides is 1. The van der Waals surface area contributed by atoms with Crippen molar-refractivity contribution in [2.45, 2.75) is 49.7 Å². The van der Waals surface area contributed by atoms with Crippen molar-refractivity contribution < 1.29 is 9.18 Å². The summed E-state index contributed by atoms with van der Waals surface area (Å²) in [4.78, 5) is 30.8. The Balaban J connectivity index is 1.54. The van der Waals surface area contributed by atoms with Gasteiger partial charge in [-0.1, -0.05) is 31.0 Å². The van der Waals surface area contributed by atoms with E-state index in [1.165, 1.54) is 49.2 Å². The van der Waals surface area contributed by atoms with E-state index >= 15 is 0 Å². The zero-order valence-corrected chi connectivity index (χ0v) is 14.1. The second kappa shape index (κ2) is 7.79. The van der Waals surface area contributed by atoms with Crippen molar-refractivity contribution in [2.75, 3.05) is 5.75 Å². The van der Waals surface area contributed by atoms with Gasteiger partial charge in [0, 0.05) is 18.2 Å². The lowest BCUT2D eigenvalue weighted by Crippen LogP contribution is -2.36. The van der Waals surface area contributed by atoms with E-state index in [9.17, 15) is 14.0 Å². The van der Waals surface area contributed by atoms with Gasteiger partial charge in [-0.15, -0.1) is 0 Å². The Hall–Kier alpha value is -1.89. The number of fused-ring (bicyclic) bond motifs is 1. The van der Waals surface area contributed by atoms with Crippen LogP contribution in [0.15, 0.2) is 28.2 Å². The van der Waals surface area contributed by atoms with Crippen molar-refractivity contribution >= 4 is 28.6 Å². The van der Waals surface area contributed by atoms with Gasteiger partial charge in [-0.05, 0) is 31.0 Å². The largest absolute Gasteiger partial charge is 0.353 e. The number of aromatic nitrogens is 2. The molecule has 1 amide bonds. The Morgan fingerprint density at radius 1 is 1.33 bits per heavy atom. The lowest BCUT2D eigenvalue weighted by atomic mass is 9.95. The molecule has 0 radical (unpaired) electrons. The monoisotopic (exact) mass is 349 g/mol. The Kier molecular flexibility index (Phi) is 5.50. The predicted octanol–water partition coefficient (Wildman–Crippen LogP) is 2.99. The molecule has 0 bridgehead atoms. The van der Waals surface area contributed by atoms with E-state index in [0.717, 1.165) is 12.8 Å². The number of carbonyl (C=O) groups excluding carboxylic acids is 1. The van der Waals surface area contributed by atoms with E-state index in [0.29, 0.717) is 28.9 Å². The van der Waals surface area contributed by atoms with Gasteiger partial charge in [0.05, 0.1) is 10.9 Å². The molecule has 0 spiro atoms. The number of benzene rings is 1. The van der Waals surface area contributed by atoms with E-state index in [4.69, 9.17) is 0 Å². The van der Waals surface area contributed by atoms with Gasteiger partial charge >= 0.3 is 0 Å². The molecule has 3 rings (SSSR count). The van der Waals surface area contributed by atoms with Gasteiger partial charge in [0.25, 0.3) is 5.56 Å². The Labute approximate surface area is 143 Å². The molecule has 7 heteroatoms. The van der Waals surface area contributed by atoms with Gasteiger partial charge in [-0.3, -0.25) is 9.59 Å². The maximum absolute atomic E-state index is 13.2. The van der Waals surface area contributed by atoms with Crippen molar-refractivity contribution in [3.05, 3.63) is 34.4 Å². The van der Waals surface area contributed by atoms with Gasteiger partial charge in [0.1, 0.15) is 5.82 Å². The van der Waals surface area contributed by atoms with Crippen LogP contribution in [0.4, 0.5) is 4.39 Å². The molecule has 1 aromatic heterocycles. The summed E-state index contributed by atoms with van der Waals surface area (Å²) in [7, 11) is 0. The summed E-state index contributed by atoms with van der Waals surface area (Å²) in [5.41, 5.74) is 0.0861. The highest BCUT2D eigenvalue weighted by Gasteiger charge is 2.15. The van der Waals surface area contributed by atoms with Crippen LogP contribution in [0.2, 0.25) is 0 Å². The maximum atomic E-state index is 13.2. The summed E-state index contributed by atoms with van der Waals surface area (Å²) in [5, 5.41) is 3.75. The van der Waals surface area contributed by atoms with E-state index in [1.807, 2.05) is 0 Å². The quantitative estimate of drug-likeness (QED) is 0.643. The van der Waals surface area contributed by atoms with Crippen molar-refractivity contribution in [2.24, 2.45) is 0 Å². The Morgan fingerprint density at radius 2 is 2.12 bits per heavy atom. The summed E-state index contributed by atoms with van der Waals surface area (Å²) in [6, 6.07) is 4.25. The van der Waals surface area contributed by atoms with Crippen LogP contribution in [0.1, 0.15) is 38.5 Å². The van der Waals surface area contributed by atoms with Crippen LogP contribution < -0.4 is 10.9 Å². The summed E-state index contributed by atoms with van der Waals surface area (Å²) < 4.78 is 13.2. The third kappa shape index (κ3) is 4.35. The average Bonchev–Trinajstić information content (AvgIpc) is 2.56. The van der Waals surface area contributed by atoms with Gasteiger partial charge < -0.3 is 10.3 Å². The number of rotatable bonds is 5. The minimum absolute atomic E-state index is 0.0413. The van der Waals surface area contributed by atoms with Crippen molar-refractivity contribution in [1.29, 1.82) is 0 Å². The maximum Gasteiger partial charge on any atom is 0.259 e. The summed E-state index contributed by atoms with van der Waals surface area (Å²) in [6.45, 7) is 0. The SMILES string of the molecule is O=C(CCSc1nc2ccc(F)cc2c(=O)[nH]1)NC1CCCCC1. The minimum Gasteiger partial charge on any atom is -0.353 e. The molecule has 5 nitrogen and oxygen atoms in total. The van der Waals surface area contributed by atoms with Crippen molar-refractivity contribution in [1.82, 2.24) is 15.3 Å². The van der Waals surface area contributed by atoms with E-state index in [1.54, 1.807) is 0 Å². The number of hydrogen-bond acceptors (Lipinski definition) is 4. The summed E-state index contributed by atoms with van der Waals surface area (Å²) in [5.74, 6) is 0.114. The molecule has 0 atom stereocenters. The zero-order chi connectivity index (χ0) is 16.9. The molecule has 24 heavy (non-hydrogen) atoms. The number of aromatic amines is 1. The molecule has 1 heterocycles. The topological polar surface area (TPSA) is 74.8 Å². The highest BCUT2D eigenvalue weighted by atomic mass is 32.2. The molecule has 1 aliphatic carbocycles. The standard InChI is InChI=1S/C17H20FN3O2S/c18-11-6-7-14-13(10-11)16(23)21-17(20-14)24-9-8-15(22)19-12-4-2-1-3-5-12/h6-7,10,12H,1-5,8-9H2,(H,19,22)(H,20,21,23). The first-order valence-corrected chi connectivity index (χ1v) is 9.22. The molecule has 2 N–H and O–H groups in total. The fourth-order valence-electron chi connectivity index (χ4n) is 2.94. The lowest BCUT2D eigenvalue weighted by molar-refractivity contribution is -0.121. The Morgan fingerprint density at radius 3 is 2.92 bits per heavy atom. The zero-order valence-electron chi connectivity index (χ0n) is 13.3. The van der Waals surface area contributed by atoms with Crippen LogP contribution in [0.5, 0.6) is 0 Å². The first-order valence-electron chi connectivity index (χ1n) is 8.23. The fourth-order valence-corrected chi connectivity index (χ4v) is 3.75.